The summed E-state index contributed by atoms with van der Waals surface area (Å²) in [5.41, 5.74) is 0. The largest absolute Gasteiger partial charge is 0.343 e. The van der Waals surface area contributed by atoms with Gasteiger partial charge in [0, 0.05) is 20.0 Å². The smallest absolute Gasteiger partial charge is 0.219 e. The third kappa shape index (κ3) is 4.35. The van der Waals surface area contributed by atoms with Crippen molar-refractivity contribution in [2.45, 2.75) is 26.2 Å². The lowest BCUT2D eigenvalue weighted by molar-refractivity contribution is -0.130. The molecule has 3 aromatic rings. The van der Waals surface area contributed by atoms with Crippen molar-refractivity contribution in [1.29, 1.82) is 0 Å². The van der Waals surface area contributed by atoms with Crippen LogP contribution in [0, 0.1) is 5.92 Å². The molecule has 1 aliphatic rings. The van der Waals surface area contributed by atoms with Crippen LogP contribution in [0.3, 0.4) is 0 Å². The SMILES string of the molecule is CC(=O)N1CCC(CC[P+](c2ccccc2)(c2ccccc2)c2ccccc2)CC1. The predicted molar refractivity (Wildman–Crippen MR) is 130 cm³/mol. The van der Waals surface area contributed by atoms with Gasteiger partial charge >= 0.3 is 0 Å². The number of hydrogen-bond donors (Lipinski definition) is 0. The third-order valence-electron chi connectivity index (χ3n) is 6.52. The van der Waals surface area contributed by atoms with Gasteiger partial charge in [0.05, 0.1) is 6.16 Å². The summed E-state index contributed by atoms with van der Waals surface area (Å²) < 4.78 is 0. The minimum Gasteiger partial charge on any atom is -0.343 e. The van der Waals surface area contributed by atoms with Crippen LogP contribution in [0.5, 0.6) is 0 Å². The van der Waals surface area contributed by atoms with E-state index in [0.717, 1.165) is 25.9 Å². The molecule has 3 heteroatoms. The molecule has 0 bridgehead atoms. The van der Waals surface area contributed by atoms with Gasteiger partial charge in [0.1, 0.15) is 23.2 Å². The minimum absolute atomic E-state index is 0.216. The Morgan fingerprint density at radius 1 is 0.767 bits per heavy atom. The number of nitrogens with zero attached hydrogens (tertiary/aromatic N) is 1. The number of carbonyl (C=O) groups excluding carboxylic acids is 1. The molecule has 0 unspecified atom stereocenters. The Morgan fingerprint density at radius 3 is 1.53 bits per heavy atom. The molecule has 1 amide bonds. The van der Waals surface area contributed by atoms with Gasteiger partial charge in [0.15, 0.2) is 0 Å². The Balaban J connectivity index is 1.70. The van der Waals surface area contributed by atoms with Crippen molar-refractivity contribution in [3.8, 4) is 0 Å². The summed E-state index contributed by atoms with van der Waals surface area (Å²) in [5.74, 6) is 0.907. The number of rotatable bonds is 6. The average molecular weight is 417 g/mol. The van der Waals surface area contributed by atoms with Gasteiger partial charge in [0.25, 0.3) is 0 Å². The molecule has 1 aliphatic heterocycles. The highest BCUT2D eigenvalue weighted by Gasteiger charge is 2.45. The van der Waals surface area contributed by atoms with Gasteiger partial charge < -0.3 is 4.90 Å². The number of carbonyl (C=O) groups is 1. The van der Waals surface area contributed by atoms with Crippen molar-refractivity contribution in [3.05, 3.63) is 91.0 Å². The summed E-state index contributed by atoms with van der Waals surface area (Å²) in [6, 6.07) is 33.4. The first-order chi connectivity index (χ1) is 14.7. The van der Waals surface area contributed by atoms with Crippen molar-refractivity contribution >= 4 is 29.1 Å². The van der Waals surface area contributed by atoms with Gasteiger partial charge in [-0.1, -0.05) is 54.6 Å². The molecule has 1 saturated heterocycles. The number of likely N-dealkylation sites (tertiary alicyclic amines) is 1. The van der Waals surface area contributed by atoms with Crippen LogP contribution in [0.4, 0.5) is 0 Å². The van der Waals surface area contributed by atoms with Crippen LogP contribution < -0.4 is 15.9 Å². The fourth-order valence-electron chi connectivity index (χ4n) is 4.79. The van der Waals surface area contributed by atoms with E-state index in [-0.39, 0.29) is 5.91 Å². The summed E-state index contributed by atoms with van der Waals surface area (Å²) >= 11 is 0. The first-order valence-electron chi connectivity index (χ1n) is 11.0. The van der Waals surface area contributed by atoms with Crippen LogP contribution in [0.25, 0.3) is 0 Å². The monoisotopic (exact) mass is 416 g/mol. The van der Waals surface area contributed by atoms with Gasteiger partial charge in [-0.15, -0.1) is 0 Å². The van der Waals surface area contributed by atoms with Crippen molar-refractivity contribution < 1.29 is 4.79 Å². The molecule has 30 heavy (non-hydrogen) atoms. The molecule has 3 aromatic carbocycles. The van der Waals surface area contributed by atoms with E-state index in [0.29, 0.717) is 5.92 Å². The van der Waals surface area contributed by atoms with E-state index in [9.17, 15) is 4.79 Å². The first kappa shape index (κ1) is 20.8. The highest BCUT2D eigenvalue weighted by Crippen LogP contribution is 2.56. The quantitative estimate of drug-likeness (QED) is 0.537. The van der Waals surface area contributed by atoms with Crippen LogP contribution in [-0.4, -0.2) is 30.1 Å². The summed E-state index contributed by atoms with van der Waals surface area (Å²) in [6.07, 6.45) is 4.63. The maximum Gasteiger partial charge on any atom is 0.219 e. The van der Waals surface area contributed by atoms with Gasteiger partial charge in [-0.25, -0.2) is 0 Å². The Morgan fingerprint density at radius 2 is 1.17 bits per heavy atom. The second-order valence-electron chi connectivity index (χ2n) is 8.28. The molecule has 1 fully saturated rings. The van der Waals surface area contributed by atoms with E-state index in [4.69, 9.17) is 0 Å². The second kappa shape index (κ2) is 9.58. The summed E-state index contributed by atoms with van der Waals surface area (Å²) in [7, 11) is -1.73. The van der Waals surface area contributed by atoms with Crippen molar-refractivity contribution in [3.63, 3.8) is 0 Å². The zero-order valence-corrected chi connectivity index (χ0v) is 18.7. The van der Waals surface area contributed by atoms with E-state index >= 15 is 0 Å². The molecule has 4 rings (SSSR count). The normalized spacial score (nSPS) is 15.2. The van der Waals surface area contributed by atoms with Crippen LogP contribution in [0.15, 0.2) is 91.0 Å². The van der Waals surface area contributed by atoms with Crippen LogP contribution in [0.2, 0.25) is 0 Å². The average Bonchev–Trinajstić information content (AvgIpc) is 2.82. The van der Waals surface area contributed by atoms with E-state index < -0.39 is 7.26 Å². The summed E-state index contributed by atoms with van der Waals surface area (Å²) in [6.45, 7) is 3.51. The molecule has 0 atom stereocenters. The van der Waals surface area contributed by atoms with Crippen molar-refractivity contribution in [1.82, 2.24) is 4.90 Å². The maximum atomic E-state index is 11.7. The molecule has 0 saturated carbocycles. The van der Waals surface area contributed by atoms with Crippen LogP contribution in [-0.2, 0) is 4.79 Å². The standard InChI is InChI=1S/C27H31NOP/c1-23(29)28-20-17-24(18-21-28)19-22-30(25-11-5-2-6-12-25,26-13-7-3-8-14-26)27-15-9-4-10-16-27/h2-16,24H,17-22H2,1H3/q+1. The molecular weight excluding hydrogens is 385 g/mol. The third-order valence-corrected chi connectivity index (χ3v) is 11.0. The van der Waals surface area contributed by atoms with E-state index in [2.05, 4.69) is 91.0 Å². The van der Waals surface area contributed by atoms with Crippen molar-refractivity contribution in [2.75, 3.05) is 19.3 Å². The first-order valence-corrected chi connectivity index (χ1v) is 13.0. The highest BCUT2D eigenvalue weighted by molar-refractivity contribution is 7.95. The topological polar surface area (TPSA) is 20.3 Å². The predicted octanol–water partition coefficient (Wildman–Crippen LogP) is 4.63. The Kier molecular flexibility index (Phi) is 6.65. The second-order valence-corrected chi connectivity index (χ2v) is 11.9. The lowest BCUT2D eigenvalue weighted by atomic mass is 9.94. The molecule has 0 N–H and O–H groups in total. The van der Waals surface area contributed by atoms with E-state index in [1.807, 2.05) is 4.90 Å². The Bertz CT molecular complexity index is 838. The van der Waals surface area contributed by atoms with Gasteiger partial charge in [0.2, 0.25) is 5.91 Å². The zero-order valence-electron chi connectivity index (χ0n) is 17.8. The number of hydrogen-bond acceptors (Lipinski definition) is 1. The molecule has 154 valence electrons. The van der Waals surface area contributed by atoms with E-state index in [1.165, 1.54) is 28.5 Å². The van der Waals surface area contributed by atoms with Gasteiger partial charge in [-0.3, -0.25) is 4.79 Å². The maximum absolute atomic E-state index is 11.7. The number of piperidine rings is 1. The lowest BCUT2D eigenvalue weighted by Gasteiger charge is -2.33. The minimum atomic E-state index is -1.73. The van der Waals surface area contributed by atoms with Crippen LogP contribution in [0.1, 0.15) is 26.2 Å². The fraction of sp³-hybridized carbons (Fsp3) is 0.296. The summed E-state index contributed by atoms with van der Waals surface area (Å²) in [4.78, 5) is 13.7. The molecular formula is C27H31NOP+. The zero-order chi connectivity index (χ0) is 20.8. The number of amides is 1. The van der Waals surface area contributed by atoms with E-state index in [1.54, 1.807) is 6.92 Å². The Hall–Kier alpha value is -2.44. The van der Waals surface area contributed by atoms with Crippen LogP contribution >= 0.6 is 7.26 Å². The molecule has 0 aliphatic carbocycles. The Labute approximate surface area is 181 Å². The highest BCUT2D eigenvalue weighted by atomic mass is 31.2. The molecule has 0 aromatic heterocycles. The van der Waals surface area contributed by atoms with Crippen molar-refractivity contribution in [2.24, 2.45) is 5.92 Å². The fourth-order valence-corrected chi connectivity index (χ4v) is 9.26. The summed E-state index contributed by atoms with van der Waals surface area (Å²) in [5, 5.41) is 4.38. The van der Waals surface area contributed by atoms with Gasteiger partial charge in [-0.05, 0) is 61.6 Å². The molecule has 1 heterocycles. The van der Waals surface area contributed by atoms with Gasteiger partial charge in [-0.2, -0.15) is 0 Å². The molecule has 0 spiro atoms. The lowest BCUT2D eigenvalue weighted by Crippen LogP contribution is -2.38. The molecule has 2 nitrogen and oxygen atoms in total. The molecule has 0 radical (unpaired) electrons. The number of benzene rings is 3.